The highest BCUT2D eigenvalue weighted by atomic mass is 127. The number of nitrogens with zero attached hydrogens (tertiary/aromatic N) is 2. The van der Waals surface area contributed by atoms with Gasteiger partial charge in [-0.2, -0.15) is 0 Å². The predicted octanol–water partition coefficient (Wildman–Crippen LogP) is 3.37. The van der Waals surface area contributed by atoms with Crippen LogP contribution in [-0.4, -0.2) is 36.2 Å². The van der Waals surface area contributed by atoms with Gasteiger partial charge in [-0.25, -0.2) is 4.99 Å². The van der Waals surface area contributed by atoms with Gasteiger partial charge in [-0.15, -0.1) is 24.0 Å². The van der Waals surface area contributed by atoms with Gasteiger partial charge in [0.2, 0.25) is 0 Å². The van der Waals surface area contributed by atoms with Crippen molar-refractivity contribution in [3.63, 3.8) is 0 Å². The molecule has 2 fully saturated rings. The van der Waals surface area contributed by atoms with Crippen LogP contribution in [0.25, 0.3) is 0 Å². The number of nitro benzene ring substituents is 1. The minimum atomic E-state index is -0.382. The van der Waals surface area contributed by atoms with E-state index in [1.165, 1.54) is 37.8 Å². The van der Waals surface area contributed by atoms with Gasteiger partial charge in [-0.3, -0.25) is 10.1 Å². The minimum absolute atomic E-state index is 0. The number of hydrogen-bond donors (Lipinski definition) is 2. The lowest BCUT2D eigenvalue weighted by Crippen LogP contribution is -2.48. The lowest BCUT2D eigenvalue weighted by Gasteiger charge is -2.26. The van der Waals surface area contributed by atoms with Crippen molar-refractivity contribution in [2.45, 2.75) is 57.2 Å². The van der Waals surface area contributed by atoms with E-state index in [1.54, 1.807) is 12.1 Å². The highest BCUT2D eigenvalue weighted by Gasteiger charge is 2.19. The Balaban J connectivity index is 0.00000243. The summed E-state index contributed by atoms with van der Waals surface area (Å²) in [7, 11) is 0. The molecule has 0 spiro atoms. The number of halogens is 1. The highest BCUT2D eigenvalue weighted by Crippen LogP contribution is 2.18. The molecule has 1 aromatic rings. The normalized spacial score (nSPS) is 19.0. The van der Waals surface area contributed by atoms with E-state index in [0.717, 1.165) is 37.6 Å². The zero-order valence-electron chi connectivity index (χ0n) is 14.9. The molecule has 1 aliphatic heterocycles. The maximum atomic E-state index is 10.7. The summed E-state index contributed by atoms with van der Waals surface area (Å²) in [5.41, 5.74) is 1.07. The van der Waals surface area contributed by atoms with Crippen LogP contribution in [-0.2, 0) is 11.3 Å². The van der Waals surface area contributed by atoms with Gasteiger partial charge in [0.25, 0.3) is 5.69 Å². The van der Waals surface area contributed by atoms with Crippen molar-refractivity contribution in [1.29, 1.82) is 0 Å². The maximum Gasteiger partial charge on any atom is 0.269 e. The Morgan fingerprint density at radius 2 is 1.65 bits per heavy atom. The molecule has 0 radical (unpaired) electrons. The molecule has 1 saturated heterocycles. The Hall–Kier alpha value is -1.42. The number of ether oxygens (including phenoxy) is 1. The highest BCUT2D eigenvalue weighted by molar-refractivity contribution is 14.0. The molecule has 1 heterocycles. The molecule has 2 aliphatic rings. The number of benzene rings is 1. The molecular weight excluding hydrogens is 447 g/mol. The zero-order chi connectivity index (χ0) is 17.5. The van der Waals surface area contributed by atoms with Crippen molar-refractivity contribution in [2.75, 3.05) is 13.2 Å². The minimum Gasteiger partial charge on any atom is -0.381 e. The molecule has 0 bridgehead atoms. The number of rotatable bonds is 5. The molecule has 0 aromatic heterocycles. The van der Waals surface area contributed by atoms with Crippen molar-refractivity contribution < 1.29 is 9.66 Å². The van der Waals surface area contributed by atoms with Gasteiger partial charge < -0.3 is 15.4 Å². The molecule has 8 heteroatoms. The second-order valence-corrected chi connectivity index (χ2v) is 6.75. The second kappa shape index (κ2) is 10.7. The molecular formula is C18H27IN4O3. The second-order valence-electron chi connectivity index (χ2n) is 6.75. The Bertz CT molecular complexity index is 597. The molecule has 1 saturated carbocycles. The molecule has 0 atom stereocenters. The molecule has 1 aromatic carbocycles. The van der Waals surface area contributed by atoms with Crippen LogP contribution in [0.5, 0.6) is 0 Å². The summed E-state index contributed by atoms with van der Waals surface area (Å²) in [6.45, 7) is 2.08. The van der Waals surface area contributed by atoms with E-state index in [-0.39, 0.29) is 34.6 Å². The lowest BCUT2D eigenvalue weighted by atomic mass is 10.1. The van der Waals surface area contributed by atoms with E-state index < -0.39 is 0 Å². The monoisotopic (exact) mass is 474 g/mol. The van der Waals surface area contributed by atoms with Gasteiger partial charge in [0.15, 0.2) is 5.96 Å². The summed E-state index contributed by atoms with van der Waals surface area (Å²) in [4.78, 5) is 15.1. The SMILES string of the molecule is I.O=[N+]([O-])c1ccc(CN=C(NC2CCCC2)NC2CCOCC2)cc1. The number of guanidine groups is 1. The van der Waals surface area contributed by atoms with Crippen LogP contribution in [0.4, 0.5) is 5.69 Å². The van der Waals surface area contributed by atoms with Crippen LogP contribution < -0.4 is 10.6 Å². The quantitative estimate of drug-likeness (QED) is 0.225. The molecule has 0 amide bonds. The third-order valence-electron chi connectivity index (χ3n) is 4.83. The van der Waals surface area contributed by atoms with E-state index in [2.05, 4.69) is 10.6 Å². The van der Waals surface area contributed by atoms with Gasteiger partial charge in [0, 0.05) is 37.4 Å². The summed E-state index contributed by atoms with van der Waals surface area (Å²) in [6, 6.07) is 7.47. The largest absolute Gasteiger partial charge is 0.381 e. The third-order valence-corrected chi connectivity index (χ3v) is 4.83. The topological polar surface area (TPSA) is 88.8 Å². The number of non-ortho nitro benzene ring substituents is 1. The molecule has 3 rings (SSSR count). The van der Waals surface area contributed by atoms with Crippen molar-refractivity contribution in [2.24, 2.45) is 4.99 Å². The van der Waals surface area contributed by atoms with Crippen molar-refractivity contribution >= 4 is 35.6 Å². The van der Waals surface area contributed by atoms with E-state index in [9.17, 15) is 10.1 Å². The molecule has 7 nitrogen and oxygen atoms in total. The molecule has 0 unspecified atom stereocenters. The number of nitrogens with one attached hydrogen (secondary N) is 2. The summed E-state index contributed by atoms with van der Waals surface area (Å²) in [6.07, 6.45) is 6.89. The Morgan fingerprint density at radius 3 is 2.23 bits per heavy atom. The van der Waals surface area contributed by atoms with Gasteiger partial charge in [-0.1, -0.05) is 25.0 Å². The smallest absolute Gasteiger partial charge is 0.269 e. The van der Waals surface area contributed by atoms with Crippen LogP contribution >= 0.6 is 24.0 Å². The first kappa shape index (κ1) is 20.9. The van der Waals surface area contributed by atoms with E-state index in [0.29, 0.717) is 18.6 Å². The van der Waals surface area contributed by atoms with Crippen molar-refractivity contribution in [1.82, 2.24) is 10.6 Å². The first-order chi connectivity index (χ1) is 12.2. The average molecular weight is 474 g/mol. The Kier molecular flexibility index (Phi) is 8.56. The Labute approximate surface area is 171 Å². The number of hydrogen-bond acceptors (Lipinski definition) is 4. The number of aliphatic imine (C=N–C) groups is 1. The first-order valence-corrected chi connectivity index (χ1v) is 9.09. The standard InChI is InChI=1S/C18H26N4O3.HI/c23-22(24)17-7-5-14(6-8-17)13-19-18(20-15-3-1-2-4-15)21-16-9-11-25-12-10-16;/h5-8,15-16H,1-4,9-13H2,(H2,19,20,21);1H. The maximum absolute atomic E-state index is 10.7. The molecule has 1 aliphatic carbocycles. The van der Waals surface area contributed by atoms with Crippen LogP contribution in [0, 0.1) is 10.1 Å². The van der Waals surface area contributed by atoms with Crippen molar-refractivity contribution in [3.05, 3.63) is 39.9 Å². The first-order valence-electron chi connectivity index (χ1n) is 9.09. The summed E-state index contributed by atoms with van der Waals surface area (Å²) in [5, 5.41) is 17.8. The predicted molar refractivity (Wildman–Crippen MR) is 112 cm³/mol. The molecule has 144 valence electrons. The Morgan fingerprint density at radius 1 is 1.08 bits per heavy atom. The van der Waals surface area contributed by atoms with Crippen LogP contribution in [0.15, 0.2) is 29.3 Å². The average Bonchev–Trinajstić information content (AvgIpc) is 3.14. The summed E-state index contributed by atoms with van der Waals surface area (Å²) >= 11 is 0. The van der Waals surface area contributed by atoms with E-state index in [4.69, 9.17) is 9.73 Å². The fourth-order valence-corrected chi connectivity index (χ4v) is 3.33. The number of nitro groups is 1. The van der Waals surface area contributed by atoms with Crippen LogP contribution in [0.1, 0.15) is 44.1 Å². The van der Waals surface area contributed by atoms with E-state index in [1.807, 2.05) is 0 Å². The van der Waals surface area contributed by atoms with E-state index >= 15 is 0 Å². The van der Waals surface area contributed by atoms with Crippen molar-refractivity contribution in [3.8, 4) is 0 Å². The summed E-state index contributed by atoms with van der Waals surface area (Å²) in [5.74, 6) is 0.845. The lowest BCUT2D eigenvalue weighted by molar-refractivity contribution is -0.384. The third kappa shape index (κ3) is 6.39. The molecule has 2 N–H and O–H groups in total. The molecule has 26 heavy (non-hydrogen) atoms. The summed E-state index contributed by atoms with van der Waals surface area (Å²) < 4.78 is 5.42. The van der Waals surface area contributed by atoms with Gasteiger partial charge in [-0.05, 0) is 31.2 Å². The van der Waals surface area contributed by atoms with Gasteiger partial charge in [0.1, 0.15) is 0 Å². The van der Waals surface area contributed by atoms with Crippen LogP contribution in [0.2, 0.25) is 0 Å². The fraction of sp³-hybridized carbons (Fsp3) is 0.611. The van der Waals surface area contributed by atoms with Crippen LogP contribution in [0.3, 0.4) is 0 Å². The van der Waals surface area contributed by atoms with Gasteiger partial charge >= 0.3 is 0 Å². The fourth-order valence-electron chi connectivity index (χ4n) is 3.33. The zero-order valence-corrected chi connectivity index (χ0v) is 17.2. The van der Waals surface area contributed by atoms with Gasteiger partial charge in [0.05, 0.1) is 11.5 Å².